The first kappa shape index (κ1) is 16.4. The first-order valence-electron chi connectivity index (χ1n) is 5.41. The number of nitrogens with one attached hydrogen (secondary N) is 2. The number of anilines is 1. The number of hydrogen-bond donors (Lipinski definition) is 3. The van der Waals surface area contributed by atoms with Gasteiger partial charge in [-0.15, -0.1) is 0 Å². The molecule has 1 aromatic rings. The van der Waals surface area contributed by atoms with Crippen LogP contribution >= 0.6 is 28.1 Å². The smallest absolute Gasteiger partial charge is 0.299 e. The van der Waals surface area contributed by atoms with Crippen LogP contribution in [-0.2, 0) is 10.2 Å². The summed E-state index contributed by atoms with van der Waals surface area (Å²) in [5.74, 6) is 0. The molecule has 0 aliphatic heterocycles. The highest BCUT2D eigenvalue weighted by Gasteiger charge is 2.21. The molecule has 19 heavy (non-hydrogen) atoms. The molecule has 0 spiro atoms. The van der Waals surface area contributed by atoms with E-state index in [1.807, 2.05) is 0 Å². The first-order chi connectivity index (χ1) is 8.50. The van der Waals surface area contributed by atoms with Crippen molar-refractivity contribution in [1.29, 1.82) is 0 Å². The maximum Gasteiger partial charge on any atom is 0.299 e. The molecule has 8 heteroatoms. The minimum atomic E-state index is -3.69. The Morgan fingerprint density at radius 3 is 2.42 bits per heavy atom. The third-order valence-electron chi connectivity index (χ3n) is 1.93. The van der Waals surface area contributed by atoms with Gasteiger partial charge in [-0.1, -0.05) is 28.1 Å². The molecule has 0 saturated carbocycles. The van der Waals surface area contributed by atoms with E-state index in [4.69, 9.17) is 18.0 Å². The van der Waals surface area contributed by atoms with Gasteiger partial charge in [0.1, 0.15) is 4.99 Å². The van der Waals surface area contributed by atoms with Gasteiger partial charge < -0.3 is 5.73 Å². The summed E-state index contributed by atoms with van der Waals surface area (Å²) in [6.07, 6.45) is 0. The van der Waals surface area contributed by atoms with Gasteiger partial charge in [-0.3, -0.25) is 4.72 Å². The predicted octanol–water partition coefficient (Wildman–Crippen LogP) is 2.13. The van der Waals surface area contributed by atoms with E-state index < -0.39 is 15.7 Å². The van der Waals surface area contributed by atoms with Crippen molar-refractivity contribution in [2.24, 2.45) is 5.73 Å². The lowest BCUT2D eigenvalue weighted by Gasteiger charge is -2.21. The molecule has 0 fully saturated rings. The number of benzene rings is 1. The Morgan fingerprint density at radius 1 is 1.37 bits per heavy atom. The number of halogens is 1. The maximum atomic E-state index is 12.0. The van der Waals surface area contributed by atoms with Gasteiger partial charge in [-0.05, 0) is 39.0 Å². The maximum absolute atomic E-state index is 12.0. The molecule has 0 aromatic heterocycles. The van der Waals surface area contributed by atoms with E-state index in [2.05, 4.69) is 25.4 Å². The first-order valence-corrected chi connectivity index (χ1v) is 8.10. The zero-order chi connectivity index (χ0) is 14.8. The minimum absolute atomic E-state index is 0.120. The molecule has 4 N–H and O–H groups in total. The van der Waals surface area contributed by atoms with Crippen molar-refractivity contribution in [3.63, 3.8) is 0 Å². The Morgan fingerprint density at radius 2 is 1.95 bits per heavy atom. The van der Waals surface area contributed by atoms with Crippen LogP contribution in [0, 0.1) is 0 Å². The van der Waals surface area contributed by atoms with Crippen molar-refractivity contribution in [3.05, 3.63) is 28.2 Å². The van der Waals surface area contributed by atoms with Crippen LogP contribution in [0.2, 0.25) is 0 Å². The summed E-state index contributed by atoms with van der Waals surface area (Å²) in [5.41, 5.74) is 5.81. The average molecular weight is 366 g/mol. The van der Waals surface area contributed by atoms with Crippen molar-refractivity contribution in [2.45, 2.75) is 26.3 Å². The second-order valence-corrected chi connectivity index (χ2v) is 7.78. The van der Waals surface area contributed by atoms with E-state index in [1.54, 1.807) is 39.0 Å². The summed E-state index contributed by atoms with van der Waals surface area (Å²) < 4.78 is 29.6. The van der Waals surface area contributed by atoms with Crippen LogP contribution in [0.5, 0.6) is 0 Å². The van der Waals surface area contributed by atoms with E-state index in [0.29, 0.717) is 11.3 Å². The lowest BCUT2D eigenvalue weighted by atomic mass is 10.1. The van der Waals surface area contributed by atoms with Gasteiger partial charge in [0, 0.05) is 15.6 Å². The number of nitrogens with two attached hydrogens (primary N) is 1. The molecular formula is C11H16BrN3O2S2. The van der Waals surface area contributed by atoms with E-state index in [0.717, 1.165) is 4.47 Å². The molecule has 0 heterocycles. The van der Waals surface area contributed by atoms with Crippen molar-refractivity contribution in [1.82, 2.24) is 4.72 Å². The topological polar surface area (TPSA) is 84.2 Å². The highest BCUT2D eigenvalue weighted by Crippen LogP contribution is 2.22. The van der Waals surface area contributed by atoms with Crippen molar-refractivity contribution >= 4 is 49.0 Å². The molecule has 5 nitrogen and oxygen atoms in total. The highest BCUT2D eigenvalue weighted by atomic mass is 79.9. The van der Waals surface area contributed by atoms with Gasteiger partial charge in [-0.2, -0.15) is 13.1 Å². The van der Waals surface area contributed by atoms with Crippen molar-refractivity contribution in [3.8, 4) is 0 Å². The summed E-state index contributed by atoms with van der Waals surface area (Å²) in [7, 11) is -3.69. The molecule has 0 atom stereocenters. The number of hydrogen-bond acceptors (Lipinski definition) is 3. The molecule has 106 valence electrons. The van der Waals surface area contributed by atoms with Crippen molar-refractivity contribution in [2.75, 3.05) is 4.72 Å². The standard InChI is InChI=1S/C11H16BrN3O2S2/c1-11(2,3)15-19(16,17)14-9-5-4-7(12)6-8(9)10(13)18/h4-6,14-15H,1-3H3,(H2,13,18). The Labute approximate surface area is 127 Å². The van der Waals surface area contributed by atoms with Gasteiger partial charge in [0.2, 0.25) is 0 Å². The van der Waals surface area contributed by atoms with Crippen LogP contribution in [0.15, 0.2) is 22.7 Å². The number of rotatable bonds is 4. The van der Waals surface area contributed by atoms with Crippen LogP contribution < -0.4 is 15.2 Å². The Bertz CT molecular complexity index is 594. The molecule has 0 amide bonds. The fourth-order valence-corrected chi connectivity index (χ4v) is 3.24. The Kier molecular flexibility index (Phi) is 4.94. The normalized spacial score (nSPS) is 12.2. The Hall–Kier alpha value is -0.700. The number of thiocarbonyl (C=S) groups is 1. The molecule has 0 saturated heterocycles. The van der Waals surface area contributed by atoms with Gasteiger partial charge in [0.05, 0.1) is 5.69 Å². The van der Waals surface area contributed by atoms with Crippen LogP contribution in [0.4, 0.5) is 5.69 Å². The second kappa shape index (κ2) is 5.74. The zero-order valence-electron chi connectivity index (χ0n) is 10.8. The third-order valence-corrected chi connectivity index (χ3v) is 4.01. The van der Waals surface area contributed by atoms with Gasteiger partial charge in [0.25, 0.3) is 10.2 Å². The molecule has 1 rings (SSSR count). The molecule has 0 radical (unpaired) electrons. The van der Waals surface area contributed by atoms with Crippen LogP contribution in [0.3, 0.4) is 0 Å². The molecule has 1 aromatic carbocycles. The Balaban J connectivity index is 3.10. The predicted molar refractivity (Wildman–Crippen MR) is 85.5 cm³/mol. The van der Waals surface area contributed by atoms with Gasteiger partial charge in [-0.25, -0.2) is 0 Å². The second-order valence-electron chi connectivity index (χ2n) is 5.01. The summed E-state index contributed by atoms with van der Waals surface area (Å²) >= 11 is 8.19. The lowest BCUT2D eigenvalue weighted by molar-refractivity contribution is 0.494. The van der Waals surface area contributed by atoms with E-state index in [9.17, 15) is 8.42 Å². The molecule has 0 unspecified atom stereocenters. The largest absolute Gasteiger partial charge is 0.389 e. The highest BCUT2D eigenvalue weighted by molar-refractivity contribution is 9.10. The SMILES string of the molecule is CC(C)(C)NS(=O)(=O)Nc1ccc(Br)cc1C(N)=S. The van der Waals surface area contributed by atoms with Crippen LogP contribution in [0.25, 0.3) is 0 Å². The summed E-state index contributed by atoms with van der Waals surface area (Å²) in [6.45, 7) is 5.26. The molecule has 0 aliphatic carbocycles. The lowest BCUT2D eigenvalue weighted by Crippen LogP contribution is -2.43. The third kappa shape index (κ3) is 5.43. The fourth-order valence-electron chi connectivity index (χ4n) is 1.38. The molecular weight excluding hydrogens is 350 g/mol. The van der Waals surface area contributed by atoms with Gasteiger partial charge in [0.15, 0.2) is 0 Å². The molecule has 0 aliphatic rings. The monoisotopic (exact) mass is 365 g/mol. The van der Waals surface area contributed by atoms with Crippen LogP contribution in [-0.4, -0.2) is 18.9 Å². The van der Waals surface area contributed by atoms with Crippen molar-refractivity contribution < 1.29 is 8.42 Å². The fraction of sp³-hybridized carbons (Fsp3) is 0.364. The van der Waals surface area contributed by atoms with E-state index in [-0.39, 0.29) is 4.99 Å². The van der Waals surface area contributed by atoms with Crippen LogP contribution in [0.1, 0.15) is 26.3 Å². The van der Waals surface area contributed by atoms with E-state index in [1.165, 1.54) is 0 Å². The average Bonchev–Trinajstić information content (AvgIpc) is 2.16. The minimum Gasteiger partial charge on any atom is -0.389 e. The molecule has 0 bridgehead atoms. The van der Waals surface area contributed by atoms with Gasteiger partial charge >= 0.3 is 0 Å². The van der Waals surface area contributed by atoms with E-state index >= 15 is 0 Å². The summed E-state index contributed by atoms with van der Waals surface area (Å²) in [5, 5.41) is 0. The zero-order valence-corrected chi connectivity index (χ0v) is 14.0. The summed E-state index contributed by atoms with van der Waals surface area (Å²) in [4.78, 5) is 0.120. The quantitative estimate of drug-likeness (QED) is 0.713. The summed E-state index contributed by atoms with van der Waals surface area (Å²) in [6, 6.07) is 4.97.